The number of hydrogen-bond acceptors (Lipinski definition) is 4. The van der Waals surface area contributed by atoms with Gasteiger partial charge in [-0.15, -0.1) is 0 Å². The van der Waals surface area contributed by atoms with E-state index in [1.54, 1.807) is 12.1 Å². The summed E-state index contributed by atoms with van der Waals surface area (Å²) in [6.07, 6.45) is 2.43. The summed E-state index contributed by atoms with van der Waals surface area (Å²) in [5, 5.41) is 9.05. The Morgan fingerprint density at radius 2 is 2.14 bits per heavy atom. The second-order valence-electron chi connectivity index (χ2n) is 5.18. The molecule has 1 aliphatic carbocycles. The molecule has 0 atom stereocenters. The molecule has 0 aliphatic heterocycles. The molecule has 1 saturated carbocycles. The zero-order valence-electron chi connectivity index (χ0n) is 12.0. The molecule has 0 bridgehead atoms. The molecular formula is C14H21BrN2O3S. The molecule has 7 heteroatoms. The maximum atomic E-state index is 12.3. The maximum absolute atomic E-state index is 12.3. The maximum Gasteiger partial charge on any atom is 0.241 e. The monoisotopic (exact) mass is 376 g/mol. The van der Waals surface area contributed by atoms with E-state index in [-0.39, 0.29) is 11.5 Å². The summed E-state index contributed by atoms with van der Waals surface area (Å²) in [6.45, 7) is 4.06. The second-order valence-corrected chi connectivity index (χ2v) is 7.77. The topological polar surface area (TPSA) is 69.6 Å². The number of benzene rings is 1. The highest BCUT2D eigenvalue weighted by atomic mass is 79.9. The highest BCUT2D eigenvalue weighted by molar-refractivity contribution is 9.10. The minimum atomic E-state index is -3.53. The lowest BCUT2D eigenvalue weighted by Gasteiger charge is -2.19. The zero-order valence-corrected chi connectivity index (χ0v) is 14.5. The number of rotatable bonds is 8. The van der Waals surface area contributed by atoms with Crippen LogP contribution in [0, 0.1) is 0 Å². The molecule has 118 valence electrons. The first kappa shape index (κ1) is 16.9. The van der Waals surface area contributed by atoms with Crippen LogP contribution in [0.3, 0.4) is 0 Å². The van der Waals surface area contributed by atoms with Crippen molar-refractivity contribution in [2.45, 2.75) is 37.3 Å². The van der Waals surface area contributed by atoms with Crippen LogP contribution in [0.25, 0.3) is 0 Å². The van der Waals surface area contributed by atoms with E-state index in [1.807, 2.05) is 0 Å². The molecule has 0 spiro atoms. The van der Waals surface area contributed by atoms with Crippen molar-refractivity contribution in [3.8, 4) is 0 Å². The van der Waals surface area contributed by atoms with Crippen molar-refractivity contribution in [3.63, 3.8) is 0 Å². The molecule has 21 heavy (non-hydrogen) atoms. The molecular weight excluding hydrogens is 356 g/mol. The van der Waals surface area contributed by atoms with Crippen LogP contribution in [0.2, 0.25) is 0 Å². The normalized spacial score (nSPS) is 15.6. The summed E-state index contributed by atoms with van der Waals surface area (Å²) in [6, 6.07) is 5.38. The Morgan fingerprint density at radius 3 is 2.67 bits per heavy atom. The first-order chi connectivity index (χ1) is 9.97. The van der Waals surface area contributed by atoms with Crippen molar-refractivity contribution in [3.05, 3.63) is 28.2 Å². The Kier molecular flexibility index (Phi) is 5.79. The molecule has 0 unspecified atom stereocenters. The van der Waals surface area contributed by atoms with E-state index in [0.717, 1.165) is 13.1 Å². The smallest absolute Gasteiger partial charge is 0.241 e. The number of halogens is 1. The summed E-state index contributed by atoms with van der Waals surface area (Å²) in [7, 11) is -3.53. The summed E-state index contributed by atoms with van der Waals surface area (Å²) < 4.78 is 27.7. The minimum absolute atomic E-state index is 0.112. The number of aliphatic hydroxyl groups is 1. The fraction of sp³-hybridized carbons (Fsp3) is 0.571. The lowest BCUT2D eigenvalue weighted by atomic mass is 10.2. The SMILES string of the molecule is CCN(CCNS(=O)(=O)c1ccc(CO)cc1Br)C1CC1. The molecule has 1 aliphatic rings. The molecule has 1 aromatic rings. The van der Waals surface area contributed by atoms with Crippen molar-refractivity contribution in [2.24, 2.45) is 0 Å². The predicted molar refractivity (Wildman–Crippen MR) is 85.5 cm³/mol. The highest BCUT2D eigenvalue weighted by Crippen LogP contribution is 2.26. The third-order valence-electron chi connectivity index (χ3n) is 3.63. The van der Waals surface area contributed by atoms with Gasteiger partial charge in [-0.3, -0.25) is 4.90 Å². The number of hydrogen-bond donors (Lipinski definition) is 2. The number of aliphatic hydroxyl groups excluding tert-OH is 1. The number of nitrogens with zero attached hydrogens (tertiary/aromatic N) is 1. The molecule has 0 radical (unpaired) electrons. The molecule has 1 fully saturated rings. The molecule has 0 aromatic heterocycles. The predicted octanol–water partition coefficient (Wildman–Crippen LogP) is 1.70. The van der Waals surface area contributed by atoms with Crippen LogP contribution in [-0.4, -0.2) is 44.1 Å². The van der Waals surface area contributed by atoms with Gasteiger partial charge in [0.15, 0.2) is 0 Å². The van der Waals surface area contributed by atoms with Gasteiger partial charge in [-0.05, 0) is 53.0 Å². The Balaban J connectivity index is 1.97. The summed E-state index contributed by atoms with van der Waals surface area (Å²) in [5.41, 5.74) is 0.673. The van der Waals surface area contributed by atoms with Gasteiger partial charge in [-0.25, -0.2) is 13.1 Å². The van der Waals surface area contributed by atoms with Crippen LogP contribution in [0.5, 0.6) is 0 Å². The second kappa shape index (κ2) is 7.19. The first-order valence-corrected chi connectivity index (χ1v) is 9.38. The molecule has 5 nitrogen and oxygen atoms in total. The fourth-order valence-electron chi connectivity index (χ4n) is 2.30. The number of nitrogens with one attached hydrogen (secondary N) is 1. The third-order valence-corrected chi connectivity index (χ3v) is 6.07. The van der Waals surface area contributed by atoms with Crippen molar-refractivity contribution in [1.29, 1.82) is 0 Å². The first-order valence-electron chi connectivity index (χ1n) is 7.11. The van der Waals surface area contributed by atoms with Crippen LogP contribution in [0.4, 0.5) is 0 Å². The van der Waals surface area contributed by atoms with E-state index < -0.39 is 10.0 Å². The van der Waals surface area contributed by atoms with E-state index in [1.165, 1.54) is 18.9 Å². The molecule has 1 aromatic carbocycles. The number of likely N-dealkylation sites (N-methyl/N-ethyl adjacent to an activating group) is 1. The standard InChI is InChI=1S/C14H21BrN2O3S/c1-2-17(12-4-5-12)8-7-16-21(19,20)14-6-3-11(10-18)9-13(14)15/h3,6,9,12,16,18H,2,4-5,7-8,10H2,1H3. The molecule has 0 heterocycles. The Morgan fingerprint density at radius 1 is 1.43 bits per heavy atom. The van der Waals surface area contributed by atoms with Gasteiger partial charge in [-0.1, -0.05) is 13.0 Å². The van der Waals surface area contributed by atoms with Gasteiger partial charge in [-0.2, -0.15) is 0 Å². The fourth-order valence-corrected chi connectivity index (χ4v) is 4.44. The van der Waals surface area contributed by atoms with E-state index in [9.17, 15) is 8.42 Å². The quantitative estimate of drug-likeness (QED) is 0.724. The van der Waals surface area contributed by atoms with Crippen molar-refractivity contribution < 1.29 is 13.5 Å². The van der Waals surface area contributed by atoms with Gasteiger partial charge in [0, 0.05) is 23.6 Å². The summed E-state index contributed by atoms with van der Waals surface area (Å²) in [5.74, 6) is 0. The summed E-state index contributed by atoms with van der Waals surface area (Å²) in [4.78, 5) is 2.50. The van der Waals surface area contributed by atoms with E-state index in [2.05, 4.69) is 32.5 Å². The van der Waals surface area contributed by atoms with Crippen molar-refractivity contribution in [1.82, 2.24) is 9.62 Å². The van der Waals surface area contributed by atoms with Crippen LogP contribution < -0.4 is 4.72 Å². The van der Waals surface area contributed by atoms with E-state index >= 15 is 0 Å². The zero-order chi connectivity index (χ0) is 15.5. The van der Waals surface area contributed by atoms with Gasteiger partial charge in [0.1, 0.15) is 0 Å². The van der Waals surface area contributed by atoms with E-state index in [0.29, 0.717) is 22.6 Å². The highest BCUT2D eigenvalue weighted by Gasteiger charge is 2.27. The largest absolute Gasteiger partial charge is 0.392 e. The van der Waals surface area contributed by atoms with E-state index in [4.69, 9.17) is 5.11 Å². The van der Waals surface area contributed by atoms with Gasteiger partial charge < -0.3 is 5.11 Å². The van der Waals surface area contributed by atoms with Crippen molar-refractivity contribution >= 4 is 26.0 Å². The Labute approximate surface area is 134 Å². The molecule has 2 N–H and O–H groups in total. The van der Waals surface area contributed by atoms with Crippen molar-refractivity contribution in [2.75, 3.05) is 19.6 Å². The van der Waals surface area contributed by atoms with Gasteiger partial charge in [0.2, 0.25) is 10.0 Å². The molecule has 0 saturated heterocycles. The molecule has 2 rings (SSSR count). The lowest BCUT2D eigenvalue weighted by Crippen LogP contribution is -2.36. The third kappa shape index (κ3) is 4.50. The summed E-state index contributed by atoms with van der Waals surface area (Å²) >= 11 is 3.25. The van der Waals surface area contributed by atoms with Gasteiger partial charge >= 0.3 is 0 Å². The minimum Gasteiger partial charge on any atom is -0.392 e. The van der Waals surface area contributed by atoms with Crippen LogP contribution >= 0.6 is 15.9 Å². The van der Waals surface area contributed by atoms with Gasteiger partial charge in [0.25, 0.3) is 0 Å². The van der Waals surface area contributed by atoms with Crippen LogP contribution in [0.1, 0.15) is 25.3 Å². The number of sulfonamides is 1. The average Bonchev–Trinajstić information content (AvgIpc) is 3.27. The lowest BCUT2D eigenvalue weighted by molar-refractivity contribution is 0.281. The van der Waals surface area contributed by atoms with Crippen LogP contribution in [0.15, 0.2) is 27.6 Å². The Bertz CT molecular complexity index is 588. The van der Waals surface area contributed by atoms with Crippen LogP contribution in [-0.2, 0) is 16.6 Å². The average molecular weight is 377 g/mol. The Hall–Kier alpha value is -0.470. The molecule has 0 amide bonds. The van der Waals surface area contributed by atoms with Gasteiger partial charge in [0.05, 0.1) is 11.5 Å².